The number of anilines is 1. The van der Waals surface area contributed by atoms with Crippen LogP contribution >= 0.6 is 23.8 Å². The van der Waals surface area contributed by atoms with Crippen molar-refractivity contribution in [3.8, 4) is 0 Å². The van der Waals surface area contributed by atoms with Crippen molar-refractivity contribution in [1.29, 1.82) is 0 Å². The Hall–Kier alpha value is -0.930. The molecule has 150 valence electrons. The third-order valence-corrected chi connectivity index (χ3v) is 7.84. The second-order valence-corrected chi connectivity index (χ2v) is 9.72. The molecule has 1 saturated heterocycles. The summed E-state index contributed by atoms with van der Waals surface area (Å²) in [5, 5.41) is 4.14. The molecule has 9 heteroatoms. The van der Waals surface area contributed by atoms with Crippen molar-refractivity contribution >= 4 is 44.6 Å². The van der Waals surface area contributed by atoms with Gasteiger partial charge in [0.2, 0.25) is 10.0 Å². The molecule has 1 aliphatic heterocycles. The van der Waals surface area contributed by atoms with E-state index in [1.807, 2.05) is 7.05 Å². The monoisotopic (exact) mass is 431 g/mol. The Labute approximate surface area is 171 Å². The van der Waals surface area contributed by atoms with Gasteiger partial charge in [0.15, 0.2) is 5.11 Å². The quantitative estimate of drug-likeness (QED) is 0.738. The topological polar surface area (TPSA) is 61.9 Å². The van der Waals surface area contributed by atoms with Crippen LogP contribution in [0.25, 0.3) is 0 Å². The molecular formula is C18H26ClN3O3S2. The number of nitrogens with zero attached hydrogens (tertiary/aromatic N) is 2. The smallest absolute Gasteiger partial charge is 0.243 e. The summed E-state index contributed by atoms with van der Waals surface area (Å²) in [4.78, 5) is 2.27. The SMILES string of the molecule is CN(C(=S)Nc1cc(S(=O)(=O)N2CCOCC2)ccc1Cl)C1CCCCC1. The van der Waals surface area contributed by atoms with E-state index in [-0.39, 0.29) is 4.90 Å². The van der Waals surface area contributed by atoms with Gasteiger partial charge in [-0.15, -0.1) is 0 Å². The molecule has 0 aromatic heterocycles. The standard InChI is InChI=1S/C18H26ClN3O3S2/c1-21(14-5-3-2-4-6-14)18(26)20-17-13-15(7-8-16(17)19)27(23,24)22-9-11-25-12-10-22/h7-8,13-14H,2-6,9-12H2,1H3,(H,20,26). The van der Waals surface area contributed by atoms with E-state index in [0.29, 0.717) is 48.2 Å². The maximum Gasteiger partial charge on any atom is 0.243 e. The Bertz CT molecular complexity index is 776. The minimum atomic E-state index is -3.58. The predicted octanol–water partition coefficient (Wildman–Crippen LogP) is 3.32. The van der Waals surface area contributed by atoms with Crippen LogP contribution in [-0.2, 0) is 14.8 Å². The van der Waals surface area contributed by atoms with Crippen LogP contribution in [0, 0.1) is 0 Å². The van der Waals surface area contributed by atoms with Gasteiger partial charge < -0.3 is 15.0 Å². The zero-order valence-electron chi connectivity index (χ0n) is 15.5. The zero-order chi connectivity index (χ0) is 19.4. The van der Waals surface area contributed by atoms with Gasteiger partial charge in [0.05, 0.1) is 28.8 Å². The van der Waals surface area contributed by atoms with E-state index in [9.17, 15) is 8.42 Å². The molecular weight excluding hydrogens is 406 g/mol. The van der Waals surface area contributed by atoms with Crippen molar-refractivity contribution < 1.29 is 13.2 Å². The second kappa shape index (κ2) is 9.05. The fourth-order valence-corrected chi connectivity index (χ4v) is 5.39. The lowest BCUT2D eigenvalue weighted by Gasteiger charge is -2.33. The molecule has 1 saturated carbocycles. The highest BCUT2D eigenvalue weighted by molar-refractivity contribution is 7.89. The molecule has 6 nitrogen and oxygen atoms in total. The first-order valence-electron chi connectivity index (χ1n) is 9.31. The van der Waals surface area contributed by atoms with E-state index in [0.717, 1.165) is 12.8 Å². The fourth-order valence-electron chi connectivity index (χ4n) is 3.53. The molecule has 0 amide bonds. The molecule has 1 aromatic carbocycles. The van der Waals surface area contributed by atoms with Crippen molar-refractivity contribution in [3.63, 3.8) is 0 Å². The molecule has 0 bridgehead atoms. The molecule has 1 N–H and O–H groups in total. The van der Waals surface area contributed by atoms with E-state index in [1.165, 1.54) is 29.6 Å². The summed E-state index contributed by atoms with van der Waals surface area (Å²) >= 11 is 11.8. The van der Waals surface area contributed by atoms with Crippen molar-refractivity contribution in [3.05, 3.63) is 23.2 Å². The summed E-state index contributed by atoms with van der Waals surface area (Å²) in [6, 6.07) is 5.11. The van der Waals surface area contributed by atoms with Gasteiger partial charge >= 0.3 is 0 Å². The minimum absolute atomic E-state index is 0.208. The van der Waals surface area contributed by atoms with Gasteiger partial charge in [-0.05, 0) is 43.3 Å². The molecule has 1 heterocycles. The Morgan fingerprint density at radius 2 is 1.93 bits per heavy atom. The van der Waals surface area contributed by atoms with Crippen LogP contribution in [0.2, 0.25) is 5.02 Å². The molecule has 27 heavy (non-hydrogen) atoms. The number of benzene rings is 1. The normalized spacial score (nSPS) is 19.6. The first-order chi connectivity index (χ1) is 12.9. The molecule has 0 unspecified atom stereocenters. The lowest BCUT2D eigenvalue weighted by Crippen LogP contribution is -2.41. The fraction of sp³-hybridized carbons (Fsp3) is 0.611. The average Bonchev–Trinajstić information content (AvgIpc) is 2.70. The van der Waals surface area contributed by atoms with E-state index in [2.05, 4.69) is 10.2 Å². The first-order valence-corrected chi connectivity index (χ1v) is 11.5. The molecule has 3 rings (SSSR count). The number of nitrogens with one attached hydrogen (secondary N) is 1. The first kappa shape index (κ1) is 20.8. The Morgan fingerprint density at radius 1 is 1.26 bits per heavy atom. The van der Waals surface area contributed by atoms with E-state index in [4.69, 9.17) is 28.6 Å². The minimum Gasteiger partial charge on any atom is -0.379 e. The van der Waals surface area contributed by atoms with Crippen LogP contribution in [-0.4, -0.2) is 62.1 Å². The summed E-state index contributed by atoms with van der Waals surface area (Å²) in [7, 11) is -1.60. The lowest BCUT2D eigenvalue weighted by molar-refractivity contribution is 0.0730. The van der Waals surface area contributed by atoms with Gasteiger partial charge in [-0.25, -0.2) is 8.42 Å². The lowest BCUT2D eigenvalue weighted by atomic mass is 9.95. The van der Waals surface area contributed by atoms with Crippen LogP contribution in [0.15, 0.2) is 23.1 Å². The Kier molecular flexibility index (Phi) is 6.97. The number of hydrogen-bond donors (Lipinski definition) is 1. The average molecular weight is 432 g/mol. The number of rotatable bonds is 4. The number of hydrogen-bond acceptors (Lipinski definition) is 4. The highest BCUT2D eigenvalue weighted by atomic mass is 35.5. The number of ether oxygens (including phenoxy) is 1. The molecule has 0 spiro atoms. The predicted molar refractivity (Wildman–Crippen MR) is 112 cm³/mol. The Morgan fingerprint density at radius 3 is 2.59 bits per heavy atom. The van der Waals surface area contributed by atoms with Crippen molar-refractivity contribution in [2.45, 2.75) is 43.0 Å². The largest absolute Gasteiger partial charge is 0.379 e. The maximum absolute atomic E-state index is 12.9. The van der Waals surface area contributed by atoms with E-state index in [1.54, 1.807) is 12.1 Å². The molecule has 1 aromatic rings. The van der Waals surface area contributed by atoms with Crippen LogP contribution < -0.4 is 5.32 Å². The molecule has 0 atom stereocenters. The Balaban J connectivity index is 1.75. The summed E-state index contributed by atoms with van der Waals surface area (Å²) in [5.74, 6) is 0. The van der Waals surface area contributed by atoms with Gasteiger partial charge in [0, 0.05) is 26.2 Å². The van der Waals surface area contributed by atoms with Gasteiger partial charge in [-0.3, -0.25) is 0 Å². The van der Waals surface area contributed by atoms with Crippen molar-refractivity contribution in [2.75, 3.05) is 38.7 Å². The van der Waals surface area contributed by atoms with Crippen LogP contribution in [0.1, 0.15) is 32.1 Å². The number of morpholine rings is 1. The highest BCUT2D eigenvalue weighted by Crippen LogP contribution is 2.28. The molecule has 2 fully saturated rings. The van der Waals surface area contributed by atoms with E-state index < -0.39 is 10.0 Å². The zero-order valence-corrected chi connectivity index (χ0v) is 17.9. The summed E-state index contributed by atoms with van der Waals surface area (Å²) in [6.07, 6.45) is 5.95. The number of halogens is 1. The third kappa shape index (κ3) is 4.92. The van der Waals surface area contributed by atoms with Crippen molar-refractivity contribution in [2.24, 2.45) is 0 Å². The van der Waals surface area contributed by atoms with Gasteiger partial charge in [-0.1, -0.05) is 30.9 Å². The summed E-state index contributed by atoms with van der Waals surface area (Å²) < 4.78 is 32.4. The molecule has 2 aliphatic rings. The van der Waals surface area contributed by atoms with Gasteiger partial charge in [-0.2, -0.15) is 4.31 Å². The van der Waals surface area contributed by atoms with E-state index >= 15 is 0 Å². The van der Waals surface area contributed by atoms with Crippen LogP contribution in [0.3, 0.4) is 0 Å². The summed E-state index contributed by atoms with van der Waals surface area (Å²) in [5.41, 5.74) is 0.513. The van der Waals surface area contributed by atoms with Crippen LogP contribution in [0.4, 0.5) is 5.69 Å². The van der Waals surface area contributed by atoms with Crippen LogP contribution in [0.5, 0.6) is 0 Å². The van der Waals surface area contributed by atoms with Gasteiger partial charge in [0.1, 0.15) is 0 Å². The molecule has 0 radical (unpaired) electrons. The molecule has 1 aliphatic carbocycles. The highest BCUT2D eigenvalue weighted by Gasteiger charge is 2.27. The summed E-state index contributed by atoms with van der Waals surface area (Å²) in [6.45, 7) is 1.54. The van der Waals surface area contributed by atoms with Crippen molar-refractivity contribution in [1.82, 2.24) is 9.21 Å². The number of thiocarbonyl (C=S) groups is 1. The second-order valence-electron chi connectivity index (χ2n) is 6.99. The third-order valence-electron chi connectivity index (χ3n) is 5.23. The number of sulfonamides is 1. The maximum atomic E-state index is 12.9. The van der Waals surface area contributed by atoms with Gasteiger partial charge in [0.25, 0.3) is 0 Å².